The summed E-state index contributed by atoms with van der Waals surface area (Å²) in [5.41, 5.74) is 4.01. The quantitative estimate of drug-likeness (QED) is 0.195. The Hall–Kier alpha value is -3.62. The van der Waals surface area contributed by atoms with Gasteiger partial charge in [-0.2, -0.15) is 11.8 Å². The van der Waals surface area contributed by atoms with Crippen LogP contribution in [0.25, 0.3) is 33.1 Å². The number of hydrogen-bond acceptors (Lipinski definition) is 5. The summed E-state index contributed by atoms with van der Waals surface area (Å²) in [4.78, 5) is 11.0. The van der Waals surface area contributed by atoms with E-state index in [1.807, 2.05) is 63.2 Å². The van der Waals surface area contributed by atoms with Gasteiger partial charge in [0, 0.05) is 27.8 Å². The number of hydrogen-bond donors (Lipinski definition) is 1. The highest BCUT2D eigenvalue weighted by molar-refractivity contribution is 7.98. The number of fused-ring (bicyclic) bond motifs is 3. The third-order valence-electron chi connectivity index (χ3n) is 7.19. The van der Waals surface area contributed by atoms with Gasteiger partial charge in [-0.05, 0) is 52.4 Å². The molecule has 0 bridgehead atoms. The van der Waals surface area contributed by atoms with Crippen LogP contribution in [0.3, 0.4) is 0 Å². The van der Waals surface area contributed by atoms with Crippen molar-refractivity contribution in [2.45, 2.75) is 48.7 Å². The summed E-state index contributed by atoms with van der Waals surface area (Å²) < 4.78 is 48.6. The Bertz CT molecular complexity index is 1880. The Balaban J connectivity index is 1.53. The van der Waals surface area contributed by atoms with Crippen LogP contribution in [0.4, 0.5) is 4.39 Å². The van der Waals surface area contributed by atoms with Gasteiger partial charge in [0.15, 0.2) is 0 Å². The van der Waals surface area contributed by atoms with Gasteiger partial charge in [-0.1, -0.05) is 76.2 Å². The molecule has 8 heteroatoms. The first-order valence-corrected chi connectivity index (χ1v) is 15.9. The molecule has 5 rings (SSSR count). The lowest BCUT2D eigenvalue weighted by Crippen LogP contribution is -2.14. The lowest BCUT2D eigenvalue weighted by Gasteiger charge is -2.24. The van der Waals surface area contributed by atoms with E-state index in [1.165, 1.54) is 23.9 Å². The van der Waals surface area contributed by atoms with Crippen molar-refractivity contribution in [1.82, 2.24) is 0 Å². The zero-order valence-corrected chi connectivity index (χ0v) is 24.9. The maximum atomic E-state index is 15.0. The van der Waals surface area contributed by atoms with Crippen LogP contribution in [-0.2, 0) is 25.8 Å². The normalized spacial score (nSPS) is 13.1. The highest BCUT2D eigenvalue weighted by atomic mass is 32.2. The molecule has 4 aromatic carbocycles. The zero-order chi connectivity index (χ0) is 29.5. The first-order chi connectivity index (χ1) is 19.4. The predicted molar refractivity (Wildman–Crippen MR) is 163 cm³/mol. The van der Waals surface area contributed by atoms with Gasteiger partial charge in [-0.15, -0.1) is 0 Å². The van der Waals surface area contributed by atoms with Crippen LogP contribution in [0.5, 0.6) is 0 Å². The second-order valence-electron chi connectivity index (χ2n) is 11.2. The van der Waals surface area contributed by atoms with Crippen molar-refractivity contribution in [3.8, 4) is 11.1 Å². The van der Waals surface area contributed by atoms with Crippen LogP contribution in [0.2, 0.25) is 0 Å². The highest BCUT2D eigenvalue weighted by Crippen LogP contribution is 2.41. The lowest BCUT2D eigenvalue weighted by atomic mass is 9.81. The molecule has 1 atom stereocenters. The van der Waals surface area contributed by atoms with Gasteiger partial charge >= 0.3 is 5.97 Å². The van der Waals surface area contributed by atoms with E-state index in [0.717, 1.165) is 44.7 Å². The molecule has 1 N–H and O–H groups in total. The summed E-state index contributed by atoms with van der Waals surface area (Å²) in [6, 6.07) is 22.8. The molecule has 41 heavy (non-hydrogen) atoms. The number of sulfone groups is 1. The molecule has 0 saturated carbocycles. The van der Waals surface area contributed by atoms with Gasteiger partial charge in [0.25, 0.3) is 0 Å². The van der Waals surface area contributed by atoms with Gasteiger partial charge in [-0.3, -0.25) is 4.79 Å². The van der Waals surface area contributed by atoms with Gasteiger partial charge in [0.1, 0.15) is 17.0 Å². The van der Waals surface area contributed by atoms with E-state index >= 15 is 0 Å². The van der Waals surface area contributed by atoms with E-state index in [9.17, 15) is 17.6 Å². The number of carboxylic acid groups (broad SMARTS) is 1. The molecule has 0 aliphatic carbocycles. The Morgan fingerprint density at radius 3 is 2.32 bits per heavy atom. The number of thioether (sulfide) groups is 1. The van der Waals surface area contributed by atoms with Crippen molar-refractivity contribution in [2.75, 3.05) is 5.75 Å². The Labute approximate surface area is 243 Å². The summed E-state index contributed by atoms with van der Waals surface area (Å²) >= 11 is 1.29. The Morgan fingerprint density at radius 2 is 1.61 bits per heavy atom. The number of aliphatic carboxylic acids is 1. The molecule has 212 valence electrons. The molecule has 1 unspecified atom stereocenters. The molecular formula is C33H31FO5S2. The minimum absolute atomic E-state index is 0.0831. The number of halogens is 1. The highest BCUT2D eigenvalue weighted by Gasteiger charge is 2.26. The molecule has 0 radical (unpaired) electrons. The van der Waals surface area contributed by atoms with Crippen LogP contribution in [0, 0.1) is 11.7 Å². The van der Waals surface area contributed by atoms with Crippen LogP contribution < -0.4 is 0 Å². The monoisotopic (exact) mass is 590 g/mol. The van der Waals surface area contributed by atoms with Gasteiger partial charge in [-0.25, -0.2) is 12.8 Å². The van der Waals surface area contributed by atoms with Crippen molar-refractivity contribution >= 4 is 49.5 Å². The van der Waals surface area contributed by atoms with Gasteiger partial charge in [0.05, 0.1) is 15.7 Å². The Kier molecular flexibility index (Phi) is 7.74. The van der Waals surface area contributed by atoms with Crippen LogP contribution in [0.1, 0.15) is 38.8 Å². The molecule has 1 heterocycles. The van der Waals surface area contributed by atoms with Crippen molar-refractivity contribution < 1.29 is 27.1 Å². The number of furan rings is 1. The summed E-state index contributed by atoms with van der Waals surface area (Å²) in [5.74, 6) is -1.51. The van der Waals surface area contributed by atoms with Crippen molar-refractivity contribution in [2.24, 2.45) is 5.92 Å². The van der Waals surface area contributed by atoms with Gasteiger partial charge in [0.2, 0.25) is 9.84 Å². The molecule has 5 nitrogen and oxygen atoms in total. The smallest absolute Gasteiger partial charge is 0.307 e. The van der Waals surface area contributed by atoms with E-state index in [2.05, 4.69) is 0 Å². The number of rotatable bonds is 8. The topological polar surface area (TPSA) is 84.6 Å². The first kappa shape index (κ1) is 28.9. The molecule has 1 aromatic heterocycles. The lowest BCUT2D eigenvalue weighted by molar-refractivity contribution is -0.140. The second-order valence-corrected chi connectivity index (χ2v) is 14.2. The molecule has 0 spiro atoms. The minimum atomic E-state index is -4.02. The van der Waals surface area contributed by atoms with Gasteiger partial charge < -0.3 is 9.52 Å². The molecule has 0 fully saturated rings. The minimum Gasteiger partial charge on any atom is -0.481 e. The average molecular weight is 591 g/mol. The number of para-hydroxylation sites is 2. The van der Waals surface area contributed by atoms with Crippen molar-refractivity contribution in [3.63, 3.8) is 0 Å². The molecule has 5 aromatic rings. The fraction of sp³-hybridized carbons (Fsp3) is 0.242. The van der Waals surface area contributed by atoms with Crippen molar-refractivity contribution in [3.05, 3.63) is 95.8 Å². The van der Waals surface area contributed by atoms with Crippen molar-refractivity contribution in [1.29, 1.82) is 0 Å². The molecule has 0 saturated heterocycles. The maximum Gasteiger partial charge on any atom is 0.307 e. The SMILES string of the molecule is CC(CSCc1ccc(S(=O)(=O)c2ccc(-c3cccc4c3oc3ccccc34)c(C(C)(C)C)c2)cc1F)C(=O)O. The summed E-state index contributed by atoms with van der Waals surface area (Å²) in [7, 11) is -4.02. The predicted octanol–water partition coefficient (Wildman–Crippen LogP) is 8.48. The van der Waals surface area contributed by atoms with E-state index < -0.39 is 33.0 Å². The second kappa shape index (κ2) is 11.0. The fourth-order valence-electron chi connectivity index (χ4n) is 4.87. The third kappa shape index (κ3) is 5.63. The molecular weight excluding hydrogens is 559 g/mol. The number of benzene rings is 4. The van der Waals surface area contributed by atoms with E-state index in [-0.39, 0.29) is 15.5 Å². The largest absolute Gasteiger partial charge is 0.481 e. The number of carbonyl (C=O) groups is 1. The summed E-state index contributed by atoms with van der Waals surface area (Å²) in [6.07, 6.45) is 0. The fourth-order valence-corrected chi connectivity index (χ4v) is 7.24. The maximum absolute atomic E-state index is 15.0. The number of carboxylic acids is 1. The first-order valence-electron chi connectivity index (χ1n) is 13.3. The average Bonchev–Trinajstić information content (AvgIpc) is 3.32. The zero-order valence-electron chi connectivity index (χ0n) is 23.3. The van der Waals surface area contributed by atoms with Crippen LogP contribution >= 0.6 is 11.8 Å². The molecule has 0 aliphatic rings. The standard InChI is InChI=1S/C33H31FO5S2/c1-20(32(35)36)18-40-19-21-12-13-23(17-29(21)34)41(37,38)22-14-15-24(28(16-22)33(2,3)4)26-9-7-10-27-25-8-5-6-11-30(25)39-31(26)27/h5-17,20H,18-19H2,1-4H3,(H,35,36). The third-order valence-corrected chi connectivity index (χ3v) is 10.2. The van der Waals surface area contributed by atoms with Crippen LogP contribution in [-0.4, -0.2) is 25.2 Å². The molecule has 0 aliphatic heterocycles. The van der Waals surface area contributed by atoms with E-state index in [4.69, 9.17) is 9.52 Å². The van der Waals surface area contributed by atoms with E-state index in [0.29, 0.717) is 11.3 Å². The van der Waals surface area contributed by atoms with E-state index in [1.54, 1.807) is 25.1 Å². The van der Waals surface area contributed by atoms with Crippen LogP contribution in [0.15, 0.2) is 93.1 Å². The summed E-state index contributed by atoms with van der Waals surface area (Å²) in [6.45, 7) is 7.67. The summed E-state index contributed by atoms with van der Waals surface area (Å²) in [5, 5.41) is 11.0. The Morgan fingerprint density at radius 1 is 0.927 bits per heavy atom. The molecule has 0 amide bonds.